The van der Waals surface area contributed by atoms with Gasteiger partial charge in [0.05, 0.1) is 20.8 Å². The summed E-state index contributed by atoms with van der Waals surface area (Å²) in [4.78, 5) is 40.6. The third-order valence-corrected chi connectivity index (χ3v) is 6.88. The van der Waals surface area contributed by atoms with Crippen molar-refractivity contribution in [2.45, 2.75) is 51.6 Å². The Morgan fingerprint density at radius 3 is 2.60 bits per heavy atom. The fourth-order valence-corrected chi connectivity index (χ4v) is 4.72. The average Bonchev–Trinajstić information content (AvgIpc) is 3.33. The molecule has 42 heavy (non-hydrogen) atoms. The molecule has 1 radical (unpaired) electrons. The Labute approximate surface area is 246 Å². The summed E-state index contributed by atoms with van der Waals surface area (Å²) in [5.41, 5.74) is 4.27. The molecule has 2 N–H and O–H groups in total. The molecule has 225 valence electrons. The molecule has 10 nitrogen and oxygen atoms in total. The summed E-state index contributed by atoms with van der Waals surface area (Å²) >= 11 is 0. The first kappa shape index (κ1) is 32.6. The van der Waals surface area contributed by atoms with Crippen molar-refractivity contribution in [2.75, 3.05) is 27.4 Å². The molecule has 0 saturated carbocycles. The Morgan fingerprint density at radius 2 is 1.93 bits per heavy atom. The van der Waals surface area contributed by atoms with Gasteiger partial charge in [-0.25, -0.2) is 14.7 Å². The van der Waals surface area contributed by atoms with Gasteiger partial charge in [0.1, 0.15) is 23.4 Å². The summed E-state index contributed by atoms with van der Waals surface area (Å²) in [6, 6.07) is 9.81. The normalized spacial score (nSPS) is 16.3. The van der Waals surface area contributed by atoms with Crippen molar-refractivity contribution < 1.29 is 37.7 Å². The summed E-state index contributed by atoms with van der Waals surface area (Å²) in [6.45, 7) is 4.47. The highest BCUT2D eigenvalue weighted by atomic mass is 19.1. The highest BCUT2D eigenvalue weighted by Gasteiger charge is 2.34. The standard InChI is InChI=1S/C30H38BFN3O7/c1-5-41-28(36)13-11-24(33-29(37)26(34-42-31-2)16-20-6-9-23(32)10-7-20)17-21-14-15-35(30(21)38)19-22-8-12-25(39-3)18-27(22)40-4/h6-13,18,21,24,26,34H,5,14-17,19H2,1-4H3,(H,33,37)/t21-,24?,26-/m0/s1. The van der Waals surface area contributed by atoms with E-state index in [1.54, 1.807) is 57.1 Å². The van der Waals surface area contributed by atoms with Crippen LogP contribution < -0.4 is 20.3 Å². The monoisotopic (exact) mass is 582 g/mol. The maximum Gasteiger partial charge on any atom is 0.330 e. The Morgan fingerprint density at radius 1 is 1.17 bits per heavy atom. The molecular formula is C30H38BFN3O7. The maximum absolute atomic E-state index is 13.4. The number of hydrogen-bond acceptors (Lipinski definition) is 8. The molecule has 2 amide bonds. The van der Waals surface area contributed by atoms with Gasteiger partial charge in [-0.2, -0.15) is 0 Å². The van der Waals surface area contributed by atoms with Crippen LogP contribution in [0.5, 0.6) is 11.5 Å². The molecule has 3 atom stereocenters. The minimum atomic E-state index is -0.830. The van der Waals surface area contributed by atoms with Crippen LogP contribution in [0.15, 0.2) is 54.6 Å². The molecule has 1 fully saturated rings. The lowest BCUT2D eigenvalue weighted by Crippen LogP contribution is -2.49. The zero-order chi connectivity index (χ0) is 30.5. The van der Waals surface area contributed by atoms with Crippen LogP contribution in [-0.4, -0.2) is 69.6 Å². The number of rotatable bonds is 16. The van der Waals surface area contributed by atoms with Gasteiger partial charge in [-0.3, -0.25) is 9.59 Å². The van der Waals surface area contributed by atoms with Gasteiger partial charge in [-0.1, -0.05) is 25.0 Å². The van der Waals surface area contributed by atoms with Crippen molar-refractivity contribution in [3.63, 3.8) is 0 Å². The molecule has 2 aromatic rings. The van der Waals surface area contributed by atoms with Crippen molar-refractivity contribution in [3.8, 4) is 11.5 Å². The van der Waals surface area contributed by atoms with E-state index in [0.717, 1.165) is 11.1 Å². The van der Waals surface area contributed by atoms with Gasteiger partial charge in [0, 0.05) is 42.8 Å². The minimum Gasteiger partial charge on any atom is -0.497 e. The van der Waals surface area contributed by atoms with Crippen LogP contribution in [0.3, 0.4) is 0 Å². The number of hydrogen-bond donors (Lipinski definition) is 2. The predicted molar refractivity (Wildman–Crippen MR) is 155 cm³/mol. The summed E-state index contributed by atoms with van der Waals surface area (Å²) in [6.07, 6.45) is 3.88. The minimum absolute atomic E-state index is 0.0541. The number of nitrogens with zero attached hydrogens (tertiary/aromatic N) is 1. The number of benzene rings is 2. The molecule has 1 aliphatic rings. The molecule has 3 rings (SSSR count). The largest absolute Gasteiger partial charge is 0.497 e. The van der Waals surface area contributed by atoms with Crippen LogP contribution in [0.1, 0.15) is 30.9 Å². The smallest absolute Gasteiger partial charge is 0.330 e. The van der Waals surface area contributed by atoms with Crippen LogP contribution in [-0.2, 0) is 36.8 Å². The number of esters is 1. The van der Waals surface area contributed by atoms with E-state index < -0.39 is 24.0 Å². The summed E-state index contributed by atoms with van der Waals surface area (Å²) in [7, 11) is 4.54. The van der Waals surface area contributed by atoms with E-state index in [9.17, 15) is 18.8 Å². The molecule has 0 aliphatic carbocycles. The zero-order valence-corrected chi connectivity index (χ0v) is 24.4. The molecule has 2 aromatic carbocycles. The second-order valence-electron chi connectivity index (χ2n) is 9.74. The molecule has 0 aromatic heterocycles. The number of likely N-dealkylation sites (tertiary alicyclic amines) is 1. The van der Waals surface area contributed by atoms with E-state index in [-0.39, 0.29) is 37.1 Å². The van der Waals surface area contributed by atoms with Gasteiger partial charge in [-0.15, -0.1) is 0 Å². The number of hydroxylamine groups is 1. The van der Waals surface area contributed by atoms with Crippen molar-refractivity contribution in [3.05, 3.63) is 71.6 Å². The first-order valence-electron chi connectivity index (χ1n) is 13.9. The van der Waals surface area contributed by atoms with Crippen LogP contribution in [0.2, 0.25) is 6.82 Å². The van der Waals surface area contributed by atoms with Crippen LogP contribution in [0.25, 0.3) is 0 Å². The lowest BCUT2D eigenvalue weighted by Gasteiger charge is -2.24. The summed E-state index contributed by atoms with van der Waals surface area (Å²) in [5, 5.41) is 2.93. The van der Waals surface area contributed by atoms with Crippen molar-refractivity contribution in [1.82, 2.24) is 15.7 Å². The average molecular weight is 582 g/mol. The van der Waals surface area contributed by atoms with Crippen molar-refractivity contribution >= 4 is 25.3 Å². The van der Waals surface area contributed by atoms with E-state index in [2.05, 4.69) is 10.8 Å². The van der Waals surface area contributed by atoms with E-state index in [1.165, 1.54) is 25.7 Å². The summed E-state index contributed by atoms with van der Waals surface area (Å²) < 4.78 is 34.3. The number of halogens is 1. The predicted octanol–water partition coefficient (Wildman–Crippen LogP) is 2.99. The quantitative estimate of drug-likeness (QED) is 0.134. The molecule has 1 heterocycles. The maximum atomic E-state index is 13.4. The number of carbonyl (C=O) groups is 3. The van der Waals surface area contributed by atoms with E-state index in [0.29, 0.717) is 31.0 Å². The van der Waals surface area contributed by atoms with Crippen LogP contribution in [0.4, 0.5) is 4.39 Å². The van der Waals surface area contributed by atoms with Crippen LogP contribution >= 0.6 is 0 Å². The molecule has 12 heteroatoms. The fourth-order valence-electron chi connectivity index (χ4n) is 4.72. The number of ether oxygens (including phenoxy) is 3. The first-order valence-corrected chi connectivity index (χ1v) is 13.9. The Hall–Kier alpha value is -3.90. The van der Waals surface area contributed by atoms with Gasteiger partial charge in [-0.05, 0) is 56.0 Å². The topological polar surface area (TPSA) is 115 Å². The van der Waals surface area contributed by atoms with Gasteiger partial charge >= 0.3 is 13.5 Å². The lowest BCUT2D eigenvalue weighted by atomic mass is 9.97. The van der Waals surface area contributed by atoms with Crippen LogP contribution in [0, 0.1) is 11.7 Å². The highest BCUT2D eigenvalue weighted by molar-refractivity contribution is 6.24. The van der Waals surface area contributed by atoms with Gasteiger partial charge in [0.15, 0.2) is 0 Å². The summed E-state index contributed by atoms with van der Waals surface area (Å²) in [5.74, 6) is -0.494. The molecule has 0 bridgehead atoms. The fraction of sp³-hybridized carbons (Fsp3) is 0.433. The number of nitrogens with one attached hydrogen (secondary N) is 2. The SMILES string of the molecule is C[B]ON[C@@H](Cc1ccc(F)cc1)C(=O)NC(C=CC(=O)OCC)C[C@@H]1CCN(Cc2ccc(OC)cc2OC)C1=O. The highest BCUT2D eigenvalue weighted by Crippen LogP contribution is 2.30. The Bertz CT molecular complexity index is 1230. The lowest BCUT2D eigenvalue weighted by molar-refractivity contribution is -0.137. The van der Waals surface area contributed by atoms with Gasteiger partial charge < -0.3 is 29.2 Å². The van der Waals surface area contributed by atoms with E-state index in [1.807, 2.05) is 12.1 Å². The Kier molecular flexibility index (Phi) is 12.8. The molecule has 1 saturated heterocycles. The Balaban J connectivity index is 1.73. The third kappa shape index (κ3) is 9.59. The molecular weight excluding hydrogens is 544 g/mol. The number of amides is 2. The first-order chi connectivity index (χ1) is 20.3. The van der Waals surface area contributed by atoms with E-state index >= 15 is 0 Å². The van der Waals surface area contributed by atoms with Crippen molar-refractivity contribution in [1.29, 1.82) is 0 Å². The second kappa shape index (κ2) is 16.5. The van der Waals surface area contributed by atoms with Crippen molar-refractivity contribution in [2.24, 2.45) is 5.92 Å². The zero-order valence-electron chi connectivity index (χ0n) is 24.4. The second-order valence-corrected chi connectivity index (χ2v) is 9.74. The molecule has 0 spiro atoms. The molecule has 1 unspecified atom stereocenters. The van der Waals surface area contributed by atoms with E-state index in [4.69, 9.17) is 19.0 Å². The number of methoxy groups -OCH3 is 2. The number of carbonyl (C=O) groups excluding carboxylic acids is 3. The third-order valence-electron chi connectivity index (χ3n) is 6.88. The molecule has 1 aliphatic heterocycles. The van der Waals surface area contributed by atoms with Gasteiger partial charge in [0.25, 0.3) is 0 Å². The van der Waals surface area contributed by atoms with Gasteiger partial charge in [0.2, 0.25) is 11.8 Å².